The van der Waals surface area contributed by atoms with Gasteiger partial charge in [0.25, 0.3) is 5.69 Å². The van der Waals surface area contributed by atoms with Crippen LogP contribution in [-0.4, -0.2) is 22.2 Å². The molecular weight excluding hydrogens is 274 g/mol. The van der Waals surface area contributed by atoms with Crippen LogP contribution in [0.3, 0.4) is 0 Å². The molecule has 1 fully saturated rings. The number of hydrogen-bond acceptors (Lipinski definition) is 5. The predicted molar refractivity (Wildman–Crippen MR) is 81.0 cm³/mol. The van der Waals surface area contributed by atoms with Crippen LogP contribution < -0.4 is 5.32 Å². The molecule has 2 atom stereocenters. The molecule has 1 aliphatic carbocycles. The van der Waals surface area contributed by atoms with Crippen LogP contribution in [0.25, 0.3) is 0 Å². The topological polar surface area (TPSA) is 67.5 Å². The number of benzene rings is 1. The molecule has 0 unspecified atom stereocenters. The van der Waals surface area contributed by atoms with Gasteiger partial charge in [-0.25, -0.2) is 0 Å². The van der Waals surface area contributed by atoms with Crippen molar-refractivity contribution in [2.24, 2.45) is 4.99 Å². The second-order valence-corrected chi connectivity index (χ2v) is 6.21. The van der Waals surface area contributed by atoms with Gasteiger partial charge in [0, 0.05) is 17.9 Å². The predicted octanol–water partition coefficient (Wildman–Crippen LogP) is 3.10. The Morgan fingerprint density at radius 3 is 2.75 bits per heavy atom. The highest BCUT2D eigenvalue weighted by molar-refractivity contribution is 8.13. The second-order valence-electron chi connectivity index (χ2n) is 5.25. The molecule has 0 bridgehead atoms. The van der Waals surface area contributed by atoms with E-state index < -0.39 is 0 Å². The quantitative estimate of drug-likeness (QED) is 0.686. The van der Waals surface area contributed by atoms with E-state index in [1.165, 1.54) is 25.7 Å². The van der Waals surface area contributed by atoms with E-state index in [1.54, 1.807) is 23.9 Å². The van der Waals surface area contributed by atoms with Gasteiger partial charge in [-0.05, 0) is 18.4 Å². The first-order valence-corrected chi connectivity index (χ1v) is 7.91. The number of amidine groups is 1. The van der Waals surface area contributed by atoms with E-state index in [0.717, 1.165) is 16.5 Å². The second kappa shape index (κ2) is 5.83. The Morgan fingerprint density at radius 1 is 1.30 bits per heavy atom. The Morgan fingerprint density at radius 2 is 2.05 bits per heavy atom. The van der Waals surface area contributed by atoms with Crippen molar-refractivity contribution in [1.29, 1.82) is 0 Å². The Bertz CT molecular complexity index is 530. The fourth-order valence-electron chi connectivity index (χ4n) is 2.73. The zero-order valence-electron chi connectivity index (χ0n) is 11.1. The van der Waals surface area contributed by atoms with E-state index in [0.29, 0.717) is 12.1 Å². The molecule has 1 heterocycles. The van der Waals surface area contributed by atoms with Crippen molar-refractivity contribution in [1.82, 2.24) is 5.32 Å². The highest BCUT2D eigenvalue weighted by atomic mass is 32.2. The van der Waals surface area contributed by atoms with E-state index in [1.807, 2.05) is 12.1 Å². The smallest absolute Gasteiger partial charge is 0.269 e. The molecule has 1 saturated carbocycles. The molecule has 2 aliphatic rings. The van der Waals surface area contributed by atoms with Gasteiger partial charge in [0.2, 0.25) is 0 Å². The Hall–Kier alpha value is -1.56. The van der Waals surface area contributed by atoms with Gasteiger partial charge >= 0.3 is 0 Å². The number of fused-ring (bicyclic) bond motifs is 1. The molecule has 1 aromatic carbocycles. The maximum atomic E-state index is 10.6. The normalized spacial score (nSPS) is 24.7. The van der Waals surface area contributed by atoms with Crippen LogP contribution in [0.4, 0.5) is 5.69 Å². The Balaban J connectivity index is 1.56. The SMILES string of the molecule is O=[N+]([O-])c1ccc(CSC2=N[C@@H]3CCCC[C@H]3N2)cc1. The summed E-state index contributed by atoms with van der Waals surface area (Å²) in [6, 6.07) is 7.73. The molecule has 0 aromatic heterocycles. The molecule has 0 spiro atoms. The van der Waals surface area contributed by atoms with Crippen LogP contribution in [0, 0.1) is 10.1 Å². The molecule has 1 N–H and O–H groups in total. The summed E-state index contributed by atoms with van der Waals surface area (Å²) in [5, 5.41) is 15.1. The molecular formula is C14H17N3O2S. The van der Waals surface area contributed by atoms with Crippen LogP contribution in [0.2, 0.25) is 0 Å². The third kappa shape index (κ3) is 2.95. The zero-order valence-corrected chi connectivity index (χ0v) is 11.9. The summed E-state index contributed by atoms with van der Waals surface area (Å²) in [4.78, 5) is 15.0. The van der Waals surface area contributed by atoms with Gasteiger partial charge in [0.15, 0.2) is 5.17 Å². The highest BCUT2D eigenvalue weighted by Crippen LogP contribution is 2.28. The van der Waals surface area contributed by atoms with E-state index in [4.69, 9.17) is 4.99 Å². The average Bonchev–Trinajstić information content (AvgIpc) is 2.88. The van der Waals surface area contributed by atoms with Gasteiger partial charge < -0.3 is 5.32 Å². The molecule has 106 valence electrons. The molecule has 20 heavy (non-hydrogen) atoms. The number of nitro groups is 1. The van der Waals surface area contributed by atoms with Crippen molar-refractivity contribution < 1.29 is 4.92 Å². The summed E-state index contributed by atoms with van der Waals surface area (Å²) in [5.74, 6) is 0.795. The van der Waals surface area contributed by atoms with Crippen LogP contribution >= 0.6 is 11.8 Å². The van der Waals surface area contributed by atoms with Crippen molar-refractivity contribution in [3.8, 4) is 0 Å². The minimum absolute atomic E-state index is 0.140. The summed E-state index contributed by atoms with van der Waals surface area (Å²) in [6.45, 7) is 0. The first-order valence-electron chi connectivity index (χ1n) is 6.93. The zero-order chi connectivity index (χ0) is 13.9. The van der Waals surface area contributed by atoms with E-state index in [-0.39, 0.29) is 10.6 Å². The molecule has 5 nitrogen and oxygen atoms in total. The molecule has 0 saturated heterocycles. The number of nitrogens with one attached hydrogen (secondary N) is 1. The third-order valence-electron chi connectivity index (χ3n) is 3.84. The number of hydrogen-bond donors (Lipinski definition) is 1. The molecule has 0 amide bonds. The Labute approximate surface area is 122 Å². The van der Waals surface area contributed by atoms with Crippen molar-refractivity contribution >= 4 is 22.6 Å². The van der Waals surface area contributed by atoms with E-state index in [9.17, 15) is 10.1 Å². The lowest BCUT2D eigenvalue weighted by molar-refractivity contribution is -0.384. The lowest BCUT2D eigenvalue weighted by Crippen LogP contribution is -2.36. The summed E-state index contributed by atoms with van der Waals surface area (Å²) in [6.07, 6.45) is 4.99. The van der Waals surface area contributed by atoms with Gasteiger partial charge in [-0.2, -0.15) is 0 Å². The molecule has 1 aromatic rings. The van der Waals surface area contributed by atoms with Crippen molar-refractivity contribution in [3.63, 3.8) is 0 Å². The monoisotopic (exact) mass is 291 g/mol. The van der Waals surface area contributed by atoms with Crippen molar-refractivity contribution in [3.05, 3.63) is 39.9 Å². The largest absolute Gasteiger partial charge is 0.360 e. The number of non-ortho nitro benzene ring substituents is 1. The number of nitro benzene ring substituents is 1. The van der Waals surface area contributed by atoms with Crippen LogP contribution in [0.15, 0.2) is 29.3 Å². The van der Waals surface area contributed by atoms with Crippen LogP contribution in [0.5, 0.6) is 0 Å². The maximum Gasteiger partial charge on any atom is 0.269 e. The summed E-state index contributed by atoms with van der Waals surface area (Å²) < 4.78 is 0. The van der Waals surface area contributed by atoms with Gasteiger partial charge in [-0.3, -0.25) is 15.1 Å². The lowest BCUT2D eigenvalue weighted by atomic mass is 9.92. The fourth-order valence-corrected chi connectivity index (χ4v) is 3.67. The minimum Gasteiger partial charge on any atom is -0.360 e. The van der Waals surface area contributed by atoms with Crippen molar-refractivity contribution in [2.75, 3.05) is 0 Å². The minimum atomic E-state index is -0.371. The molecule has 1 aliphatic heterocycles. The summed E-state index contributed by atoms with van der Waals surface area (Å²) >= 11 is 1.69. The number of thioether (sulfide) groups is 1. The van der Waals surface area contributed by atoms with Gasteiger partial charge in [-0.1, -0.05) is 36.7 Å². The standard InChI is InChI=1S/C14H17N3O2S/c18-17(19)11-7-5-10(6-8-11)9-20-14-15-12-3-1-2-4-13(12)16-14/h5-8,12-13H,1-4,9H2,(H,15,16)/t12-,13-/m1/s1. The van der Waals surface area contributed by atoms with Gasteiger partial charge in [0.1, 0.15) is 0 Å². The maximum absolute atomic E-state index is 10.6. The highest BCUT2D eigenvalue weighted by Gasteiger charge is 2.30. The lowest BCUT2D eigenvalue weighted by Gasteiger charge is -2.23. The summed E-state index contributed by atoms with van der Waals surface area (Å²) in [5.41, 5.74) is 1.22. The van der Waals surface area contributed by atoms with Crippen LogP contribution in [0.1, 0.15) is 31.2 Å². The molecule has 3 rings (SSSR count). The van der Waals surface area contributed by atoms with Crippen molar-refractivity contribution in [2.45, 2.75) is 43.5 Å². The number of nitrogens with zero attached hydrogens (tertiary/aromatic N) is 2. The van der Waals surface area contributed by atoms with Gasteiger partial charge in [-0.15, -0.1) is 0 Å². The number of aliphatic imine (C=N–C) groups is 1. The van der Waals surface area contributed by atoms with Gasteiger partial charge in [0.05, 0.1) is 17.0 Å². The number of rotatable bonds is 3. The third-order valence-corrected chi connectivity index (χ3v) is 4.82. The Kier molecular flexibility index (Phi) is 3.91. The fraction of sp³-hybridized carbons (Fsp3) is 0.500. The first kappa shape index (κ1) is 13.4. The summed E-state index contributed by atoms with van der Waals surface area (Å²) in [7, 11) is 0. The van der Waals surface area contributed by atoms with Crippen LogP contribution in [-0.2, 0) is 5.75 Å². The van der Waals surface area contributed by atoms with E-state index >= 15 is 0 Å². The molecule has 6 heteroatoms. The van der Waals surface area contributed by atoms with E-state index in [2.05, 4.69) is 5.32 Å². The first-order chi connectivity index (χ1) is 9.72. The molecule has 0 radical (unpaired) electrons. The average molecular weight is 291 g/mol.